The Hall–Kier alpha value is -0.440. The van der Waals surface area contributed by atoms with Gasteiger partial charge in [0.15, 0.2) is 0 Å². The summed E-state index contributed by atoms with van der Waals surface area (Å²) in [5.74, 6) is 2.76. The number of rotatable bonds is 19. The smallest absolute Gasteiger partial charge is 0.240 e. The van der Waals surface area contributed by atoms with E-state index in [1.165, 1.54) is 114 Å². The Morgan fingerprint density at radius 1 is 0.692 bits per heavy atom. The van der Waals surface area contributed by atoms with Crippen LogP contribution in [0.4, 0.5) is 0 Å². The topological polar surface area (TPSA) is 8.81 Å². The number of nitrogens with zero attached hydrogens (tertiary/aromatic N) is 2. The first-order valence-electron chi connectivity index (χ1n) is 11.4. The molecule has 0 radical (unpaired) electrons. The molecule has 0 N–H and O–H groups in total. The van der Waals surface area contributed by atoms with Gasteiger partial charge in [0, 0.05) is 0 Å². The minimum Gasteiger partial charge on any atom is -0.240 e. The average molecular weight is 382 g/mol. The summed E-state index contributed by atoms with van der Waals surface area (Å²) in [7, 11) is 2.09. The van der Waals surface area contributed by atoms with Crippen molar-refractivity contribution in [3.05, 3.63) is 18.7 Å². The second-order valence-electron chi connectivity index (χ2n) is 7.88. The lowest BCUT2D eigenvalue weighted by Gasteiger charge is -2.03. The van der Waals surface area contributed by atoms with Crippen molar-refractivity contribution in [1.82, 2.24) is 4.57 Å². The maximum absolute atomic E-state index is 2.30. The molecule has 26 heavy (non-hydrogen) atoms. The van der Waals surface area contributed by atoms with Crippen molar-refractivity contribution in [2.45, 2.75) is 110 Å². The first-order valence-corrected chi connectivity index (χ1v) is 12.6. The summed E-state index contributed by atoms with van der Waals surface area (Å²) in [4.78, 5) is 0. The van der Waals surface area contributed by atoms with Crippen molar-refractivity contribution >= 4 is 11.8 Å². The van der Waals surface area contributed by atoms with E-state index in [2.05, 4.69) is 53.6 Å². The van der Waals surface area contributed by atoms with Crippen LogP contribution >= 0.6 is 11.8 Å². The summed E-state index contributed by atoms with van der Waals surface area (Å²) in [6.45, 7) is 3.47. The predicted octanol–water partition coefficient (Wildman–Crippen LogP) is 6.92. The predicted molar refractivity (Wildman–Crippen MR) is 118 cm³/mol. The molecule has 1 aromatic rings. The lowest BCUT2D eigenvalue weighted by Crippen LogP contribution is -2.23. The van der Waals surface area contributed by atoms with Crippen LogP contribution in [0.5, 0.6) is 0 Å². The molecular formula is C23H45N2S+. The number of aryl methyl sites for hydroxylation is 2. The number of thioether (sulfide) groups is 1. The van der Waals surface area contributed by atoms with E-state index in [0.29, 0.717) is 0 Å². The van der Waals surface area contributed by atoms with Crippen LogP contribution in [-0.4, -0.2) is 16.1 Å². The SMILES string of the molecule is CCCCCCCCCCCCCSCCCCCCn1cc[n+](C)c1. The van der Waals surface area contributed by atoms with Crippen LogP contribution < -0.4 is 4.57 Å². The molecule has 0 unspecified atom stereocenters. The van der Waals surface area contributed by atoms with Gasteiger partial charge in [0.2, 0.25) is 6.33 Å². The van der Waals surface area contributed by atoms with E-state index in [-0.39, 0.29) is 0 Å². The lowest BCUT2D eigenvalue weighted by molar-refractivity contribution is -0.671. The summed E-state index contributed by atoms with van der Waals surface area (Å²) in [6, 6.07) is 0. The number of hydrogen-bond donors (Lipinski definition) is 0. The van der Waals surface area contributed by atoms with Gasteiger partial charge in [-0.1, -0.05) is 77.6 Å². The third kappa shape index (κ3) is 14.7. The molecular weight excluding hydrogens is 336 g/mol. The summed E-state index contributed by atoms with van der Waals surface area (Å²) in [5.41, 5.74) is 0. The molecule has 3 heteroatoms. The van der Waals surface area contributed by atoms with Gasteiger partial charge in [-0.2, -0.15) is 11.8 Å². The molecule has 2 nitrogen and oxygen atoms in total. The van der Waals surface area contributed by atoms with Crippen molar-refractivity contribution in [2.75, 3.05) is 11.5 Å². The zero-order chi connectivity index (χ0) is 18.7. The van der Waals surface area contributed by atoms with Crippen LogP contribution in [0.1, 0.15) is 103 Å². The zero-order valence-electron chi connectivity index (χ0n) is 17.8. The monoisotopic (exact) mass is 381 g/mol. The van der Waals surface area contributed by atoms with E-state index in [1.54, 1.807) is 0 Å². The van der Waals surface area contributed by atoms with Crippen molar-refractivity contribution < 1.29 is 4.57 Å². The molecule has 1 rings (SSSR count). The Balaban J connectivity index is 1.68. The van der Waals surface area contributed by atoms with E-state index in [9.17, 15) is 0 Å². The van der Waals surface area contributed by atoms with E-state index in [0.717, 1.165) is 0 Å². The van der Waals surface area contributed by atoms with Gasteiger partial charge in [0.05, 0.1) is 13.6 Å². The molecule has 0 saturated carbocycles. The highest BCUT2D eigenvalue weighted by Crippen LogP contribution is 2.14. The molecule has 0 aliphatic rings. The normalized spacial score (nSPS) is 11.3. The van der Waals surface area contributed by atoms with Gasteiger partial charge < -0.3 is 0 Å². The fourth-order valence-corrected chi connectivity index (χ4v) is 4.48. The molecule has 152 valence electrons. The maximum Gasteiger partial charge on any atom is 0.243 e. The second-order valence-corrected chi connectivity index (χ2v) is 9.10. The highest BCUT2D eigenvalue weighted by Gasteiger charge is 1.99. The third-order valence-corrected chi connectivity index (χ3v) is 6.33. The fraction of sp³-hybridized carbons (Fsp3) is 0.870. The average Bonchev–Trinajstić information content (AvgIpc) is 3.06. The Kier molecular flexibility index (Phi) is 16.3. The molecule has 0 fully saturated rings. The highest BCUT2D eigenvalue weighted by atomic mass is 32.2. The van der Waals surface area contributed by atoms with E-state index in [4.69, 9.17) is 0 Å². The molecule has 0 aromatic carbocycles. The summed E-state index contributed by atoms with van der Waals surface area (Å²) >= 11 is 2.18. The molecule has 0 bridgehead atoms. The van der Waals surface area contributed by atoms with E-state index < -0.39 is 0 Å². The number of imidazole rings is 1. The standard InChI is InChI=1S/C23H45N2S/c1-3-4-5-6-7-8-9-10-11-13-16-21-26-22-17-14-12-15-18-25-20-19-24(2)23-25/h19-20,23H,3-18,21-22H2,1-2H3/q+1. The van der Waals surface area contributed by atoms with Crippen molar-refractivity contribution in [3.63, 3.8) is 0 Å². The van der Waals surface area contributed by atoms with Crippen LogP contribution in [0.15, 0.2) is 18.7 Å². The molecule has 0 spiro atoms. The van der Waals surface area contributed by atoms with Crippen LogP contribution in [0.3, 0.4) is 0 Å². The van der Waals surface area contributed by atoms with Crippen LogP contribution in [0.25, 0.3) is 0 Å². The lowest BCUT2D eigenvalue weighted by atomic mass is 10.1. The molecule has 0 aliphatic carbocycles. The minimum absolute atomic E-state index is 1.17. The quantitative estimate of drug-likeness (QED) is 0.187. The van der Waals surface area contributed by atoms with Crippen molar-refractivity contribution in [3.8, 4) is 0 Å². The van der Waals surface area contributed by atoms with Crippen molar-refractivity contribution in [1.29, 1.82) is 0 Å². The van der Waals surface area contributed by atoms with E-state index >= 15 is 0 Å². The summed E-state index contributed by atoms with van der Waals surface area (Å²) in [5, 5.41) is 0. The van der Waals surface area contributed by atoms with E-state index in [1.807, 2.05) is 0 Å². The number of unbranched alkanes of at least 4 members (excludes halogenated alkanes) is 13. The molecule has 0 amide bonds. The van der Waals surface area contributed by atoms with Crippen molar-refractivity contribution in [2.24, 2.45) is 7.05 Å². The molecule has 1 aromatic heterocycles. The maximum atomic E-state index is 2.30. The zero-order valence-corrected chi connectivity index (χ0v) is 18.6. The van der Waals surface area contributed by atoms with Crippen LogP contribution in [-0.2, 0) is 13.6 Å². The Morgan fingerprint density at radius 2 is 1.19 bits per heavy atom. The summed E-state index contributed by atoms with van der Waals surface area (Å²) in [6.07, 6.45) is 27.9. The Labute approximate surface area is 168 Å². The molecule has 0 atom stereocenters. The second kappa shape index (κ2) is 17.9. The number of hydrogen-bond acceptors (Lipinski definition) is 1. The minimum atomic E-state index is 1.17. The summed E-state index contributed by atoms with van der Waals surface area (Å²) < 4.78 is 4.41. The van der Waals surface area contributed by atoms with Gasteiger partial charge in [-0.25, -0.2) is 9.13 Å². The van der Waals surface area contributed by atoms with Gasteiger partial charge in [0.1, 0.15) is 12.4 Å². The van der Waals surface area contributed by atoms with Crippen LogP contribution in [0.2, 0.25) is 0 Å². The van der Waals surface area contributed by atoms with Gasteiger partial charge in [-0.05, 0) is 37.2 Å². The van der Waals surface area contributed by atoms with Gasteiger partial charge in [-0.15, -0.1) is 0 Å². The van der Waals surface area contributed by atoms with Gasteiger partial charge in [0.25, 0.3) is 0 Å². The molecule has 0 aliphatic heterocycles. The molecule has 0 saturated heterocycles. The fourth-order valence-electron chi connectivity index (χ4n) is 3.46. The van der Waals surface area contributed by atoms with Crippen LogP contribution in [0, 0.1) is 0 Å². The number of aromatic nitrogens is 2. The van der Waals surface area contributed by atoms with Gasteiger partial charge >= 0.3 is 0 Å². The molecule has 1 heterocycles. The third-order valence-electron chi connectivity index (χ3n) is 5.17. The Morgan fingerprint density at radius 3 is 1.69 bits per heavy atom. The van der Waals surface area contributed by atoms with Gasteiger partial charge in [-0.3, -0.25) is 0 Å². The largest absolute Gasteiger partial charge is 0.243 e. The highest BCUT2D eigenvalue weighted by molar-refractivity contribution is 7.99. The first-order chi connectivity index (χ1) is 12.8. The Bertz CT molecular complexity index is 403. The first kappa shape index (κ1) is 23.6.